The summed E-state index contributed by atoms with van der Waals surface area (Å²) in [6.07, 6.45) is 5.43. The third-order valence-electron chi connectivity index (χ3n) is 3.74. The van der Waals surface area contributed by atoms with E-state index < -0.39 is 5.60 Å². The van der Waals surface area contributed by atoms with Gasteiger partial charge in [0.05, 0.1) is 12.1 Å². The lowest BCUT2D eigenvalue weighted by Gasteiger charge is -2.33. The second kappa shape index (κ2) is 6.33. The van der Waals surface area contributed by atoms with Gasteiger partial charge in [0, 0.05) is 25.0 Å². The van der Waals surface area contributed by atoms with Crippen LogP contribution in [0.1, 0.15) is 32.3 Å². The summed E-state index contributed by atoms with van der Waals surface area (Å²) in [5, 5.41) is 13.0. The molecule has 5 nitrogen and oxygen atoms in total. The third kappa shape index (κ3) is 4.02. The topological polar surface area (TPSA) is 65.5 Å². The molecule has 5 heteroatoms. The number of hydrogen-bond donors (Lipinski definition) is 2. The van der Waals surface area contributed by atoms with Gasteiger partial charge in [0.2, 0.25) is 5.91 Å². The van der Waals surface area contributed by atoms with Gasteiger partial charge in [-0.2, -0.15) is 0 Å². The third-order valence-corrected chi connectivity index (χ3v) is 3.74. The number of likely N-dealkylation sites (tertiary alicyclic amines) is 1. The van der Waals surface area contributed by atoms with Crippen LogP contribution in [0.25, 0.3) is 0 Å². The Morgan fingerprint density at radius 3 is 3.05 bits per heavy atom. The van der Waals surface area contributed by atoms with Crippen LogP contribution in [-0.4, -0.2) is 45.6 Å². The largest absolute Gasteiger partial charge is 0.389 e. The fourth-order valence-corrected chi connectivity index (χ4v) is 2.76. The average Bonchev–Trinajstić information content (AvgIpc) is 2.86. The molecule has 1 aliphatic heterocycles. The van der Waals surface area contributed by atoms with Gasteiger partial charge in [-0.1, -0.05) is 6.07 Å². The molecule has 20 heavy (non-hydrogen) atoms. The average molecular weight is 277 g/mol. The second-order valence-corrected chi connectivity index (χ2v) is 5.92. The van der Waals surface area contributed by atoms with Crippen LogP contribution < -0.4 is 5.32 Å². The molecule has 1 aliphatic rings. The summed E-state index contributed by atoms with van der Waals surface area (Å²) in [7, 11) is 0. The zero-order chi connectivity index (χ0) is 14.6. The Kier molecular flexibility index (Phi) is 4.73. The van der Waals surface area contributed by atoms with Gasteiger partial charge in [-0.15, -0.1) is 0 Å². The van der Waals surface area contributed by atoms with Crippen LogP contribution in [0.3, 0.4) is 0 Å². The van der Waals surface area contributed by atoms with E-state index >= 15 is 0 Å². The number of nitrogens with one attached hydrogen (secondary N) is 1. The molecule has 2 rings (SSSR count). The highest BCUT2D eigenvalue weighted by Crippen LogP contribution is 2.26. The molecule has 0 saturated carbocycles. The van der Waals surface area contributed by atoms with E-state index in [9.17, 15) is 9.90 Å². The van der Waals surface area contributed by atoms with E-state index in [1.807, 2.05) is 26.0 Å². The van der Waals surface area contributed by atoms with Crippen molar-refractivity contribution in [3.63, 3.8) is 0 Å². The van der Waals surface area contributed by atoms with Gasteiger partial charge in [0.25, 0.3) is 0 Å². The number of carbonyl (C=O) groups excluding carboxylic acids is 1. The van der Waals surface area contributed by atoms with E-state index in [1.54, 1.807) is 12.4 Å². The van der Waals surface area contributed by atoms with Crippen LogP contribution in [0.15, 0.2) is 24.5 Å². The van der Waals surface area contributed by atoms with E-state index in [0.717, 1.165) is 24.9 Å². The van der Waals surface area contributed by atoms with Crippen molar-refractivity contribution in [1.82, 2.24) is 15.2 Å². The second-order valence-electron chi connectivity index (χ2n) is 5.92. The molecule has 0 aliphatic carbocycles. The molecule has 0 bridgehead atoms. The van der Waals surface area contributed by atoms with Crippen molar-refractivity contribution in [2.24, 2.45) is 0 Å². The highest BCUT2D eigenvalue weighted by Gasteiger charge is 2.36. The molecule has 1 aromatic rings. The quantitative estimate of drug-likeness (QED) is 0.840. The molecule has 1 atom stereocenters. The minimum absolute atomic E-state index is 0.00926. The van der Waals surface area contributed by atoms with Crippen LogP contribution in [-0.2, 0) is 11.3 Å². The van der Waals surface area contributed by atoms with Gasteiger partial charge < -0.3 is 10.4 Å². The molecule has 1 amide bonds. The molecule has 1 fully saturated rings. The number of amides is 1. The Labute approximate surface area is 120 Å². The highest BCUT2D eigenvalue weighted by atomic mass is 16.3. The molecule has 2 heterocycles. The molecule has 0 aromatic carbocycles. The van der Waals surface area contributed by atoms with Crippen molar-refractivity contribution >= 4 is 5.91 Å². The number of pyridine rings is 1. The number of aromatic nitrogens is 1. The van der Waals surface area contributed by atoms with E-state index in [2.05, 4.69) is 15.2 Å². The smallest absolute Gasteiger partial charge is 0.234 e. The first kappa shape index (κ1) is 14.9. The van der Waals surface area contributed by atoms with Crippen LogP contribution in [0, 0.1) is 0 Å². The first-order valence-corrected chi connectivity index (χ1v) is 7.09. The van der Waals surface area contributed by atoms with E-state index in [1.165, 1.54) is 0 Å². The lowest BCUT2D eigenvalue weighted by atomic mass is 9.97. The maximum Gasteiger partial charge on any atom is 0.234 e. The first-order chi connectivity index (χ1) is 9.47. The van der Waals surface area contributed by atoms with Gasteiger partial charge in [-0.3, -0.25) is 14.7 Å². The maximum atomic E-state index is 12.0. The molecule has 1 aromatic heterocycles. The van der Waals surface area contributed by atoms with Crippen molar-refractivity contribution in [3.8, 4) is 0 Å². The SMILES string of the molecule is CC(C)(O)C1CCCN1CC(=O)NCc1cccnc1. The molecular weight excluding hydrogens is 254 g/mol. The molecule has 0 spiro atoms. The molecular formula is C15H23N3O2. The summed E-state index contributed by atoms with van der Waals surface area (Å²) in [5.74, 6) is -0.00926. The lowest BCUT2D eigenvalue weighted by molar-refractivity contribution is -0.123. The minimum Gasteiger partial charge on any atom is -0.389 e. The predicted octanol–water partition coefficient (Wildman–Crippen LogP) is 0.933. The van der Waals surface area contributed by atoms with Crippen molar-refractivity contribution in [1.29, 1.82) is 0 Å². The summed E-state index contributed by atoms with van der Waals surface area (Å²) in [6.45, 7) is 5.32. The minimum atomic E-state index is -0.764. The van der Waals surface area contributed by atoms with Gasteiger partial charge in [-0.25, -0.2) is 0 Å². The maximum absolute atomic E-state index is 12.0. The molecule has 110 valence electrons. The van der Waals surface area contributed by atoms with E-state index in [-0.39, 0.29) is 11.9 Å². The Morgan fingerprint density at radius 1 is 1.60 bits per heavy atom. The fourth-order valence-electron chi connectivity index (χ4n) is 2.76. The van der Waals surface area contributed by atoms with Crippen LogP contribution in [0.2, 0.25) is 0 Å². The standard InChI is InChI=1S/C15H23N3O2/c1-15(2,20)13-6-4-8-18(13)11-14(19)17-10-12-5-3-7-16-9-12/h3,5,7,9,13,20H,4,6,8,10-11H2,1-2H3,(H,17,19). The normalized spacial score (nSPS) is 20.1. The van der Waals surface area contributed by atoms with Crippen molar-refractivity contribution < 1.29 is 9.90 Å². The summed E-state index contributed by atoms with van der Waals surface area (Å²) in [6, 6.07) is 3.85. The summed E-state index contributed by atoms with van der Waals surface area (Å²) >= 11 is 0. The summed E-state index contributed by atoms with van der Waals surface area (Å²) < 4.78 is 0. The van der Waals surface area contributed by atoms with Gasteiger partial charge >= 0.3 is 0 Å². The summed E-state index contributed by atoms with van der Waals surface area (Å²) in [5.41, 5.74) is 0.224. The Bertz CT molecular complexity index is 442. The molecule has 1 unspecified atom stereocenters. The van der Waals surface area contributed by atoms with Crippen molar-refractivity contribution in [3.05, 3.63) is 30.1 Å². The number of aliphatic hydroxyl groups is 1. The Morgan fingerprint density at radius 2 is 2.40 bits per heavy atom. The first-order valence-electron chi connectivity index (χ1n) is 7.09. The zero-order valence-electron chi connectivity index (χ0n) is 12.2. The van der Waals surface area contributed by atoms with Gasteiger partial charge in [0.1, 0.15) is 0 Å². The van der Waals surface area contributed by atoms with Crippen LogP contribution in [0.5, 0.6) is 0 Å². The monoisotopic (exact) mass is 277 g/mol. The van der Waals surface area contributed by atoms with Crippen LogP contribution >= 0.6 is 0 Å². The predicted molar refractivity (Wildman–Crippen MR) is 77.0 cm³/mol. The highest BCUT2D eigenvalue weighted by molar-refractivity contribution is 5.78. The van der Waals surface area contributed by atoms with Crippen molar-refractivity contribution in [2.75, 3.05) is 13.1 Å². The molecule has 0 radical (unpaired) electrons. The fraction of sp³-hybridized carbons (Fsp3) is 0.600. The van der Waals surface area contributed by atoms with E-state index in [4.69, 9.17) is 0 Å². The van der Waals surface area contributed by atoms with Crippen LogP contribution in [0.4, 0.5) is 0 Å². The number of hydrogen-bond acceptors (Lipinski definition) is 4. The number of nitrogens with zero attached hydrogens (tertiary/aromatic N) is 2. The lowest BCUT2D eigenvalue weighted by Crippen LogP contribution is -2.48. The van der Waals surface area contributed by atoms with Gasteiger partial charge in [0.15, 0.2) is 0 Å². The number of carbonyl (C=O) groups is 1. The van der Waals surface area contributed by atoms with Crippen molar-refractivity contribution in [2.45, 2.75) is 44.9 Å². The molecule has 2 N–H and O–H groups in total. The summed E-state index contributed by atoms with van der Waals surface area (Å²) in [4.78, 5) is 18.1. The Balaban J connectivity index is 1.82. The van der Waals surface area contributed by atoms with Gasteiger partial charge in [-0.05, 0) is 44.9 Å². The number of rotatable bonds is 5. The van der Waals surface area contributed by atoms with E-state index in [0.29, 0.717) is 13.1 Å². The zero-order valence-corrected chi connectivity index (χ0v) is 12.2. The Hall–Kier alpha value is -1.46. The molecule has 1 saturated heterocycles.